The van der Waals surface area contributed by atoms with Crippen molar-refractivity contribution in [1.29, 1.82) is 0 Å². The van der Waals surface area contributed by atoms with E-state index in [0.29, 0.717) is 0 Å². The third kappa shape index (κ3) is 2.13. The molecule has 0 saturated carbocycles. The predicted octanol–water partition coefficient (Wildman–Crippen LogP) is 3.73. The maximum atomic E-state index is 13.4. The van der Waals surface area contributed by atoms with Crippen LogP contribution in [0.3, 0.4) is 0 Å². The fraction of sp³-hybridized carbons (Fsp3) is 0. The minimum absolute atomic E-state index is 0.00815. The highest BCUT2D eigenvalue weighted by Crippen LogP contribution is 2.25. The van der Waals surface area contributed by atoms with Gasteiger partial charge in [-0.15, -0.1) is 0 Å². The maximum Gasteiger partial charge on any atom is 0.224 e. The van der Waals surface area contributed by atoms with Crippen molar-refractivity contribution in [3.05, 3.63) is 46.3 Å². The standard InChI is InChI=1S/C10H4Cl2F2N2/c11-8-4-7(15-10(12)16-8)5-2-1-3-6(13)9(5)14/h1-4H. The molecule has 0 amide bonds. The molecular formula is C10H4Cl2F2N2. The maximum absolute atomic E-state index is 13.4. The molecule has 6 heteroatoms. The molecule has 1 heterocycles. The van der Waals surface area contributed by atoms with Crippen molar-refractivity contribution in [3.8, 4) is 11.3 Å². The number of hydrogen-bond acceptors (Lipinski definition) is 2. The van der Waals surface area contributed by atoms with Gasteiger partial charge in [-0.1, -0.05) is 17.7 Å². The van der Waals surface area contributed by atoms with Crippen molar-refractivity contribution < 1.29 is 8.78 Å². The Bertz CT molecular complexity index is 526. The zero-order chi connectivity index (χ0) is 11.7. The average Bonchev–Trinajstić information content (AvgIpc) is 2.20. The molecule has 0 unspecified atom stereocenters. The summed E-state index contributed by atoms with van der Waals surface area (Å²) in [6.07, 6.45) is 0. The zero-order valence-corrected chi connectivity index (χ0v) is 9.23. The Kier molecular flexibility index (Phi) is 3.03. The van der Waals surface area contributed by atoms with Gasteiger partial charge in [-0.05, 0) is 23.7 Å². The summed E-state index contributed by atoms with van der Waals surface area (Å²) in [5.74, 6) is -1.95. The lowest BCUT2D eigenvalue weighted by atomic mass is 10.1. The molecule has 0 spiro atoms. The Hall–Kier alpha value is -1.26. The van der Waals surface area contributed by atoms with E-state index in [1.54, 1.807) is 0 Å². The van der Waals surface area contributed by atoms with Crippen molar-refractivity contribution in [3.63, 3.8) is 0 Å². The van der Waals surface area contributed by atoms with Crippen molar-refractivity contribution in [2.75, 3.05) is 0 Å². The van der Waals surface area contributed by atoms with E-state index < -0.39 is 11.6 Å². The smallest absolute Gasteiger partial charge is 0.218 e. The third-order valence-corrected chi connectivity index (χ3v) is 2.26. The highest BCUT2D eigenvalue weighted by molar-refractivity contribution is 6.32. The summed E-state index contributed by atoms with van der Waals surface area (Å²) in [6.45, 7) is 0. The van der Waals surface area contributed by atoms with E-state index in [2.05, 4.69) is 9.97 Å². The Labute approximate surface area is 99.9 Å². The molecule has 1 aromatic heterocycles. The minimum Gasteiger partial charge on any atom is -0.218 e. The quantitative estimate of drug-likeness (QED) is 0.577. The first-order chi connectivity index (χ1) is 7.58. The Morgan fingerprint density at radius 2 is 1.81 bits per heavy atom. The number of rotatable bonds is 1. The largest absolute Gasteiger partial charge is 0.224 e. The number of nitrogens with zero attached hydrogens (tertiary/aromatic N) is 2. The van der Waals surface area contributed by atoms with E-state index in [9.17, 15) is 8.78 Å². The molecule has 0 aliphatic carbocycles. The highest BCUT2D eigenvalue weighted by Gasteiger charge is 2.12. The first-order valence-corrected chi connectivity index (χ1v) is 4.98. The summed E-state index contributed by atoms with van der Waals surface area (Å²) < 4.78 is 26.4. The van der Waals surface area contributed by atoms with Crippen LogP contribution in [0.4, 0.5) is 8.78 Å². The van der Waals surface area contributed by atoms with Gasteiger partial charge in [0.1, 0.15) is 5.15 Å². The monoisotopic (exact) mass is 260 g/mol. The second kappa shape index (κ2) is 4.31. The third-order valence-electron chi connectivity index (χ3n) is 1.90. The lowest BCUT2D eigenvalue weighted by Gasteiger charge is -2.03. The van der Waals surface area contributed by atoms with Gasteiger partial charge in [-0.3, -0.25) is 0 Å². The molecule has 82 valence electrons. The molecule has 1 aromatic carbocycles. The SMILES string of the molecule is Fc1cccc(-c2cc(Cl)nc(Cl)n2)c1F. The molecule has 0 aliphatic rings. The van der Waals surface area contributed by atoms with E-state index in [1.807, 2.05) is 0 Å². The molecular weight excluding hydrogens is 257 g/mol. The number of hydrogen-bond donors (Lipinski definition) is 0. The molecule has 2 aromatic rings. The summed E-state index contributed by atoms with van der Waals surface area (Å²) in [4.78, 5) is 7.38. The average molecular weight is 261 g/mol. The summed E-state index contributed by atoms with van der Waals surface area (Å²) in [5.41, 5.74) is 0.133. The zero-order valence-electron chi connectivity index (χ0n) is 7.72. The van der Waals surface area contributed by atoms with Crippen molar-refractivity contribution in [1.82, 2.24) is 9.97 Å². The summed E-state index contributed by atoms with van der Waals surface area (Å²) in [5, 5.41) is -0.0511. The molecule has 16 heavy (non-hydrogen) atoms. The summed E-state index contributed by atoms with van der Waals surface area (Å²) in [6, 6.07) is 5.08. The van der Waals surface area contributed by atoms with Crippen LogP contribution in [-0.2, 0) is 0 Å². The van der Waals surface area contributed by atoms with Crippen LogP contribution in [0.2, 0.25) is 10.4 Å². The molecule has 0 N–H and O–H groups in total. The first kappa shape index (κ1) is 11.2. The number of benzene rings is 1. The second-order valence-electron chi connectivity index (χ2n) is 2.95. The van der Waals surface area contributed by atoms with Crippen LogP contribution >= 0.6 is 23.2 Å². The first-order valence-electron chi connectivity index (χ1n) is 4.22. The summed E-state index contributed by atoms with van der Waals surface area (Å²) in [7, 11) is 0. The molecule has 0 saturated heterocycles. The van der Waals surface area contributed by atoms with Gasteiger partial charge in [0.25, 0.3) is 0 Å². The van der Waals surface area contributed by atoms with Crippen LogP contribution in [0.15, 0.2) is 24.3 Å². The van der Waals surface area contributed by atoms with Gasteiger partial charge in [0, 0.05) is 11.6 Å². The normalized spacial score (nSPS) is 10.5. The van der Waals surface area contributed by atoms with E-state index in [4.69, 9.17) is 23.2 Å². The van der Waals surface area contributed by atoms with E-state index >= 15 is 0 Å². The van der Waals surface area contributed by atoms with Gasteiger partial charge in [0.2, 0.25) is 5.28 Å². The fourth-order valence-corrected chi connectivity index (χ4v) is 1.64. The Morgan fingerprint density at radius 1 is 1.06 bits per heavy atom. The lowest BCUT2D eigenvalue weighted by molar-refractivity contribution is 0.511. The lowest BCUT2D eigenvalue weighted by Crippen LogP contribution is -1.93. The van der Waals surface area contributed by atoms with Crippen LogP contribution in [0, 0.1) is 11.6 Å². The highest BCUT2D eigenvalue weighted by atomic mass is 35.5. The second-order valence-corrected chi connectivity index (χ2v) is 3.67. The fourth-order valence-electron chi connectivity index (χ4n) is 1.23. The van der Waals surface area contributed by atoms with Crippen LogP contribution in [-0.4, -0.2) is 9.97 Å². The minimum atomic E-state index is -0.992. The molecule has 0 fully saturated rings. The molecule has 0 aliphatic heterocycles. The van der Waals surface area contributed by atoms with Crippen LogP contribution in [0.5, 0.6) is 0 Å². The van der Waals surface area contributed by atoms with Gasteiger partial charge >= 0.3 is 0 Å². The molecule has 0 bridgehead atoms. The predicted molar refractivity (Wildman–Crippen MR) is 57.4 cm³/mol. The molecule has 2 rings (SSSR count). The van der Waals surface area contributed by atoms with Crippen LogP contribution in [0.1, 0.15) is 0 Å². The van der Waals surface area contributed by atoms with Crippen molar-refractivity contribution in [2.45, 2.75) is 0 Å². The van der Waals surface area contributed by atoms with Crippen LogP contribution < -0.4 is 0 Å². The molecule has 0 radical (unpaired) electrons. The van der Waals surface area contributed by atoms with E-state index in [1.165, 1.54) is 18.2 Å². The Balaban J connectivity index is 2.63. The summed E-state index contributed by atoms with van der Waals surface area (Å²) >= 11 is 11.2. The van der Waals surface area contributed by atoms with Gasteiger partial charge in [-0.25, -0.2) is 18.7 Å². The van der Waals surface area contributed by atoms with Gasteiger partial charge in [0.15, 0.2) is 11.6 Å². The van der Waals surface area contributed by atoms with Crippen molar-refractivity contribution >= 4 is 23.2 Å². The van der Waals surface area contributed by atoms with Gasteiger partial charge in [-0.2, -0.15) is 0 Å². The van der Waals surface area contributed by atoms with E-state index in [0.717, 1.165) is 6.07 Å². The van der Waals surface area contributed by atoms with Gasteiger partial charge in [0.05, 0.1) is 5.69 Å². The van der Waals surface area contributed by atoms with Crippen molar-refractivity contribution in [2.24, 2.45) is 0 Å². The number of aromatic nitrogens is 2. The molecule has 2 nitrogen and oxygen atoms in total. The topological polar surface area (TPSA) is 25.8 Å². The molecule has 0 atom stereocenters. The van der Waals surface area contributed by atoms with E-state index in [-0.39, 0.29) is 21.7 Å². The van der Waals surface area contributed by atoms with Crippen LogP contribution in [0.25, 0.3) is 11.3 Å². The number of halogens is 4. The van der Waals surface area contributed by atoms with Gasteiger partial charge < -0.3 is 0 Å². The Morgan fingerprint density at radius 3 is 2.50 bits per heavy atom.